The zero-order valence-corrected chi connectivity index (χ0v) is 15.8. The van der Waals surface area contributed by atoms with Crippen LogP contribution in [0.2, 0.25) is 0 Å². The van der Waals surface area contributed by atoms with Gasteiger partial charge in [-0.25, -0.2) is 4.79 Å². The van der Waals surface area contributed by atoms with Gasteiger partial charge in [0.25, 0.3) is 5.70 Å². The lowest BCUT2D eigenvalue weighted by molar-refractivity contribution is -0.431. The lowest BCUT2D eigenvalue weighted by Gasteiger charge is -2.30. The summed E-state index contributed by atoms with van der Waals surface area (Å²) in [4.78, 5) is 25.7. The van der Waals surface area contributed by atoms with Gasteiger partial charge < -0.3 is 15.4 Å². The lowest BCUT2D eigenvalue weighted by Crippen LogP contribution is -2.37. The number of carbonyl (C=O) groups is 1. The molecule has 0 aromatic heterocycles. The predicted octanol–water partition coefficient (Wildman–Crippen LogP) is 2.77. The number of nitro groups is 1. The first-order chi connectivity index (χ1) is 12.0. The Labute approximate surface area is 157 Å². The second-order valence-corrected chi connectivity index (χ2v) is 7.45. The molecule has 9 heteroatoms. The molecule has 2 aliphatic heterocycles. The van der Waals surface area contributed by atoms with Crippen molar-refractivity contribution in [1.82, 2.24) is 4.90 Å². The molecule has 0 spiro atoms. The highest BCUT2D eigenvalue weighted by atomic mass is 79.9. The van der Waals surface area contributed by atoms with Gasteiger partial charge in [0, 0.05) is 16.8 Å². The Bertz CT molecular complexity index is 791. The maximum absolute atomic E-state index is 12.6. The number of carbonyl (C=O) groups excluding carboxylic acids is 1. The van der Waals surface area contributed by atoms with Crippen LogP contribution in [0, 0.1) is 10.1 Å². The fraction of sp³-hybridized carbons (Fsp3) is 0.312. The van der Waals surface area contributed by atoms with Crippen LogP contribution in [0.1, 0.15) is 18.4 Å². The van der Waals surface area contributed by atoms with Crippen LogP contribution < -0.4 is 5.73 Å². The van der Waals surface area contributed by atoms with Crippen molar-refractivity contribution in [2.45, 2.75) is 12.8 Å². The molecule has 1 aromatic rings. The van der Waals surface area contributed by atoms with E-state index in [4.69, 9.17) is 10.5 Å². The minimum atomic E-state index is -0.862. The third kappa shape index (κ3) is 3.13. The fourth-order valence-electron chi connectivity index (χ4n) is 3.00. The molecule has 7 nitrogen and oxygen atoms in total. The van der Waals surface area contributed by atoms with Gasteiger partial charge in [-0.2, -0.15) is 0 Å². The van der Waals surface area contributed by atoms with Crippen LogP contribution in [-0.4, -0.2) is 34.7 Å². The number of nitrogens with zero attached hydrogens (tertiary/aromatic N) is 2. The summed E-state index contributed by atoms with van der Waals surface area (Å²) in [6, 6.07) is 7.07. The molecule has 2 heterocycles. The summed E-state index contributed by atoms with van der Waals surface area (Å²) in [6.45, 7) is 2.38. The summed E-state index contributed by atoms with van der Waals surface area (Å²) in [7, 11) is 0. The molecule has 1 saturated heterocycles. The Kier molecular flexibility index (Phi) is 5.05. The van der Waals surface area contributed by atoms with Gasteiger partial charge in [0.05, 0.1) is 17.1 Å². The monoisotopic (exact) mass is 425 g/mol. The molecule has 3 rings (SSSR count). The van der Waals surface area contributed by atoms with Gasteiger partial charge in [0.2, 0.25) is 0 Å². The molecule has 132 valence electrons. The minimum Gasteiger partial charge on any atom is -0.463 e. The number of rotatable bonds is 4. The standard InChI is InChI=1S/C16H16BrN3O4S/c1-2-24-16(21)12-11(9-3-5-10(17)6-4-9)13(20(22)23)15-19(14(12)18)7-8-25-15/h3-6,11H,2,7-8,18H2,1H3. The molecule has 0 aliphatic carbocycles. The zero-order valence-electron chi connectivity index (χ0n) is 13.4. The first-order valence-corrected chi connectivity index (χ1v) is 9.44. The average Bonchev–Trinajstić information content (AvgIpc) is 3.05. The van der Waals surface area contributed by atoms with E-state index in [1.807, 2.05) is 0 Å². The van der Waals surface area contributed by atoms with Crippen molar-refractivity contribution in [3.8, 4) is 0 Å². The molecular weight excluding hydrogens is 410 g/mol. The smallest absolute Gasteiger partial charge is 0.338 e. The molecule has 1 aromatic carbocycles. The van der Waals surface area contributed by atoms with Crippen molar-refractivity contribution in [2.75, 3.05) is 18.9 Å². The highest BCUT2D eigenvalue weighted by Crippen LogP contribution is 2.47. The van der Waals surface area contributed by atoms with E-state index >= 15 is 0 Å². The number of halogens is 1. The van der Waals surface area contributed by atoms with E-state index in [2.05, 4.69) is 15.9 Å². The number of thioether (sulfide) groups is 1. The van der Waals surface area contributed by atoms with Gasteiger partial charge in [-0.15, -0.1) is 0 Å². The predicted molar refractivity (Wildman–Crippen MR) is 97.9 cm³/mol. The summed E-state index contributed by atoms with van der Waals surface area (Å²) in [5, 5.41) is 12.4. The van der Waals surface area contributed by atoms with Gasteiger partial charge in [-0.05, 0) is 24.6 Å². The topological polar surface area (TPSA) is 98.7 Å². The highest BCUT2D eigenvalue weighted by molar-refractivity contribution is 9.10. The summed E-state index contributed by atoms with van der Waals surface area (Å²) < 4.78 is 5.98. The molecule has 0 amide bonds. The third-order valence-corrected chi connectivity index (χ3v) is 5.66. The van der Waals surface area contributed by atoms with Crippen molar-refractivity contribution >= 4 is 33.7 Å². The normalized spacial score (nSPS) is 19.9. The molecule has 1 atom stereocenters. The van der Waals surface area contributed by atoms with Crippen LogP contribution in [0.15, 0.2) is 50.9 Å². The van der Waals surface area contributed by atoms with Crippen molar-refractivity contribution in [2.24, 2.45) is 5.73 Å². The van der Waals surface area contributed by atoms with Crippen LogP contribution in [0.4, 0.5) is 0 Å². The van der Waals surface area contributed by atoms with Crippen LogP contribution >= 0.6 is 27.7 Å². The lowest BCUT2D eigenvalue weighted by atomic mass is 9.86. The summed E-state index contributed by atoms with van der Waals surface area (Å²) in [5.41, 5.74) is 6.97. The first-order valence-electron chi connectivity index (χ1n) is 7.66. The van der Waals surface area contributed by atoms with Crippen molar-refractivity contribution in [1.29, 1.82) is 0 Å². The second-order valence-electron chi connectivity index (χ2n) is 5.45. The van der Waals surface area contributed by atoms with Crippen LogP contribution in [0.25, 0.3) is 0 Å². The molecule has 25 heavy (non-hydrogen) atoms. The molecule has 1 fully saturated rings. The van der Waals surface area contributed by atoms with Crippen molar-refractivity contribution < 1.29 is 14.5 Å². The Morgan fingerprint density at radius 2 is 2.16 bits per heavy atom. The van der Waals surface area contributed by atoms with E-state index in [-0.39, 0.29) is 23.7 Å². The van der Waals surface area contributed by atoms with Gasteiger partial charge in [-0.3, -0.25) is 10.1 Å². The minimum absolute atomic E-state index is 0.0259. The quantitative estimate of drug-likeness (QED) is 0.449. The molecule has 1 unspecified atom stereocenters. The molecule has 2 aliphatic rings. The molecule has 2 N–H and O–H groups in total. The van der Waals surface area contributed by atoms with Crippen molar-refractivity contribution in [3.05, 3.63) is 66.5 Å². The van der Waals surface area contributed by atoms with Gasteiger partial charge in [0.15, 0.2) is 5.03 Å². The average molecular weight is 426 g/mol. The van der Waals surface area contributed by atoms with Crippen molar-refractivity contribution in [3.63, 3.8) is 0 Å². The molecule has 0 bridgehead atoms. The van der Waals surface area contributed by atoms with E-state index in [9.17, 15) is 14.9 Å². The number of ether oxygens (including phenoxy) is 1. The molecule has 0 radical (unpaired) electrons. The van der Waals surface area contributed by atoms with Crippen LogP contribution in [0.5, 0.6) is 0 Å². The summed E-state index contributed by atoms with van der Waals surface area (Å²) >= 11 is 4.74. The number of hydrogen-bond acceptors (Lipinski definition) is 7. The number of allylic oxidation sites excluding steroid dienone is 1. The van der Waals surface area contributed by atoms with E-state index < -0.39 is 16.8 Å². The number of nitrogens with two attached hydrogens (primary N) is 1. The van der Waals surface area contributed by atoms with E-state index in [1.54, 1.807) is 36.1 Å². The Hall–Kier alpha value is -2.00. The van der Waals surface area contributed by atoms with Gasteiger partial charge in [0.1, 0.15) is 11.7 Å². The van der Waals surface area contributed by atoms with Gasteiger partial charge in [-0.1, -0.05) is 39.8 Å². The Morgan fingerprint density at radius 1 is 1.48 bits per heavy atom. The fourth-order valence-corrected chi connectivity index (χ4v) is 4.42. The number of fused-ring (bicyclic) bond motifs is 1. The van der Waals surface area contributed by atoms with Crippen LogP contribution in [-0.2, 0) is 9.53 Å². The van der Waals surface area contributed by atoms with Crippen LogP contribution in [0.3, 0.4) is 0 Å². The molecule has 0 saturated carbocycles. The summed E-state index contributed by atoms with van der Waals surface area (Å²) in [6.07, 6.45) is 0. The Morgan fingerprint density at radius 3 is 2.76 bits per heavy atom. The second kappa shape index (κ2) is 7.09. The number of benzene rings is 1. The van der Waals surface area contributed by atoms with E-state index in [0.29, 0.717) is 22.9 Å². The number of esters is 1. The van der Waals surface area contributed by atoms with Gasteiger partial charge >= 0.3 is 5.97 Å². The SMILES string of the molecule is CCOC(=O)C1=C(N)N2CCSC2=C([N+](=O)[O-])C1c1ccc(Br)cc1. The zero-order chi connectivity index (χ0) is 18.1. The Balaban J connectivity index is 2.22. The third-order valence-electron chi connectivity index (χ3n) is 4.04. The van der Waals surface area contributed by atoms with E-state index in [0.717, 1.165) is 4.47 Å². The summed E-state index contributed by atoms with van der Waals surface area (Å²) in [5.74, 6) is -0.574. The van der Waals surface area contributed by atoms with E-state index in [1.165, 1.54) is 11.8 Å². The number of hydrogen-bond donors (Lipinski definition) is 1. The molecular formula is C16H16BrN3O4S. The maximum atomic E-state index is 12.6. The maximum Gasteiger partial charge on any atom is 0.338 e. The largest absolute Gasteiger partial charge is 0.463 e. The highest BCUT2D eigenvalue weighted by Gasteiger charge is 2.47. The first kappa shape index (κ1) is 17.8.